The number of ketones is 1. The SMILES string of the molecule is CC(C)c1ccc(C(=O)COC(=O)C2CCN(S(=O)(=O)c3ccccc3)CC2)cc1. The number of Topliss-reactive ketones (excluding diaryl/α,β-unsaturated/α-hetero) is 1. The Balaban J connectivity index is 1.50. The topological polar surface area (TPSA) is 80.8 Å². The van der Waals surface area contributed by atoms with Crippen LogP contribution < -0.4 is 0 Å². The summed E-state index contributed by atoms with van der Waals surface area (Å²) in [5, 5.41) is 0. The highest BCUT2D eigenvalue weighted by atomic mass is 32.2. The molecule has 0 aromatic heterocycles. The predicted molar refractivity (Wildman–Crippen MR) is 114 cm³/mol. The van der Waals surface area contributed by atoms with E-state index in [0.29, 0.717) is 24.3 Å². The summed E-state index contributed by atoms with van der Waals surface area (Å²) in [4.78, 5) is 24.9. The zero-order valence-corrected chi connectivity index (χ0v) is 18.1. The molecule has 1 aliphatic heterocycles. The van der Waals surface area contributed by atoms with Crippen molar-refractivity contribution in [2.75, 3.05) is 19.7 Å². The Hall–Kier alpha value is -2.51. The predicted octanol–water partition coefficient (Wildman–Crippen LogP) is 3.64. The third-order valence-corrected chi connectivity index (χ3v) is 7.33. The molecule has 0 spiro atoms. The van der Waals surface area contributed by atoms with Gasteiger partial charge in [-0.15, -0.1) is 0 Å². The van der Waals surface area contributed by atoms with E-state index in [0.717, 1.165) is 5.56 Å². The fourth-order valence-corrected chi connectivity index (χ4v) is 4.96. The number of esters is 1. The summed E-state index contributed by atoms with van der Waals surface area (Å²) in [6.45, 7) is 4.36. The minimum Gasteiger partial charge on any atom is -0.457 e. The monoisotopic (exact) mass is 429 g/mol. The third-order valence-electron chi connectivity index (χ3n) is 5.41. The molecule has 0 saturated carbocycles. The summed E-state index contributed by atoms with van der Waals surface area (Å²) in [6, 6.07) is 15.6. The van der Waals surface area contributed by atoms with Crippen molar-refractivity contribution in [2.45, 2.75) is 37.5 Å². The number of hydrogen-bond donors (Lipinski definition) is 0. The standard InChI is InChI=1S/C23H27NO5S/c1-17(2)18-8-10-19(11-9-18)22(25)16-29-23(26)20-12-14-24(15-13-20)30(27,28)21-6-4-3-5-7-21/h3-11,17,20H,12-16H2,1-2H3. The van der Waals surface area contributed by atoms with Gasteiger partial charge >= 0.3 is 5.97 Å². The lowest BCUT2D eigenvalue weighted by atomic mass is 9.98. The van der Waals surface area contributed by atoms with Gasteiger partial charge < -0.3 is 4.74 Å². The molecule has 6 nitrogen and oxygen atoms in total. The van der Waals surface area contributed by atoms with E-state index in [1.165, 1.54) is 4.31 Å². The van der Waals surface area contributed by atoms with Gasteiger partial charge in [-0.25, -0.2) is 8.42 Å². The molecule has 1 saturated heterocycles. The van der Waals surface area contributed by atoms with Crippen molar-refractivity contribution in [1.82, 2.24) is 4.31 Å². The lowest BCUT2D eigenvalue weighted by molar-refractivity contribution is -0.148. The maximum absolute atomic E-state index is 12.7. The summed E-state index contributed by atoms with van der Waals surface area (Å²) in [6.07, 6.45) is 0.754. The molecular weight excluding hydrogens is 402 g/mol. The van der Waals surface area contributed by atoms with Crippen molar-refractivity contribution in [2.24, 2.45) is 5.92 Å². The van der Waals surface area contributed by atoms with Gasteiger partial charge in [0.25, 0.3) is 0 Å². The average Bonchev–Trinajstić information content (AvgIpc) is 2.78. The Labute approximate surface area is 177 Å². The molecule has 1 fully saturated rings. The summed E-state index contributed by atoms with van der Waals surface area (Å²) < 4.78 is 32.0. The van der Waals surface area contributed by atoms with Crippen LogP contribution in [0.15, 0.2) is 59.5 Å². The van der Waals surface area contributed by atoms with Crippen LogP contribution in [0.2, 0.25) is 0 Å². The first-order valence-corrected chi connectivity index (χ1v) is 11.6. The second kappa shape index (κ2) is 9.53. The number of carbonyl (C=O) groups excluding carboxylic acids is 2. The minimum atomic E-state index is -3.56. The van der Waals surface area contributed by atoms with Gasteiger partial charge in [-0.3, -0.25) is 9.59 Å². The van der Waals surface area contributed by atoms with Crippen molar-refractivity contribution in [3.63, 3.8) is 0 Å². The van der Waals surface area contributed by atoms with Crippen LogP contribution in [0, 0.1) is 5.92 Å². The summed E-state index contributed by atoms with van der Waals surface area (Å²) in [7, 11) is -3.56. The van der Waals surface area contributed by atoms with E-state index in [9.17, 15) is 18.0 Å². The quantitative estimate of drug-likeness (QED) is 0.496. The van der Waals surface area contributed by atoms with Crippen molar-refractivity contribution in [1.29, 1.82) is 0 Å². The van der Waals surface area contributed by atoms with Crippen LogP contribution in [0.3, 0.4) is 0 Å². The average molecular weight is 430 g/mol. The smallest absolute Gasteiger partial charge is 0.309 e. The van der Waals surface area contributed by atoms with E-state index in [1.807, 2.05) is 12.1 Å². The number of nitrogens with zero attached hydrogens (tertiary/aromatic N) is 1. The lowest BCUT2D eigenvalue weighted by Crippen LogP contribution is -2.40. The van der Waals surface area contributed by atoms with Gasteiger partial charge in [0.1, 0.15) is 0 Å². The molecule has 30 heavy (non-hydrogen) atoms. The van der Waals surface area contributed by atoms with E-state index >= 15 is 0 Å². The molecule has 0 N–H and O–H groups in total. The third kappa shape index (κ3) is 5.15. The van der Waals surface area contributed by atoms with Crippen LogP contribution in [-0.2, 0) is 19.6 Å². The van der Waals surface area contributed by atoms with Crippen LogP contribution in [0.4, 0.5) is 0 Å². The van der Waals surface area contributed by atoms with Gasteiger partial charge in [0, 0.05) is 18.7 Å². The van der Waals surface area contributed by atoms with Crippen molar-refractivity contribution in [3.8, 4) is 0 Å². The molecular formula is C23H27NO5S. The zero-order valence-electron chi connectivity index (χ0n) is 17.3. The summed E-state index contributed by atoms with van der Waals surface area (Å²) >= 11 is 0. The Morgan fingerprint density at radius 2 is 1.60 bits per heavy atom. The van der Waals surface area contributed by atoms with Crippen molar-refractivity contribution < 1.29 is 22.7 Å². The molecule has 0 radical (unpaired) electrons. The van der Waals surface area contributed by atoms with Gasteiger partial charge in [0.2, 0.25) is 10.0 Å². The molecule has 3 rings (SSSR count). The first-order valence-electron chi connectivity index (χ1n) is 10.1. The number of benzene rings is 2. The first kappa shape index (κ1) is 22.2. The second-order valence-electron chi connectivity index (χ2n) is 7.80. The molecule has 2 aromatic rings. The van der Waals surface area contributed by atoms with E-state index < -0.39 is 21.9 Å². The highest BCUT2D eigenvalue weighted by Crippen LogP contribution is 2.24. The highest BCUT2D eigenvalue weighted by Gasteiger charge is 2.32. The summed E-state index contributed by atoms with van der Waals surface area (Å²) in [5.41, 5.74) is 1.65. The highest BCUT2D eigenvalue weighted by molar-refractivity contribution is 7.89. The fourth-order valence-electron chi connectivity index (χ4n) is 3.47. The number of hydrogen-bond acceptors (Lipinski definition) is 5. The molecule has 1 heterocycles. The normalized spacial score (nSPS) is 15.8. The Bertz CT molecular complexity index is 976. The largest absolute Gasteiger partial charge is 0.457 e. The molecule has 1 aliphatic rings. The van der Waals surface area contributed by atoms with Crippen LogP contribution in [0.5, 0.6) is 0 Å². The minimum absolute atomic E-state index is 0.247. The zero-order chi connectivity index (χ0) is 21.7. The molecule has 7 heteroatoms. The lowest BCUT2D eigenvalue weighted by Gasteiger charge is -2.30. The van der Waals surface area contributed by atoms with Crippen LogP contribution >= 0.6 is 0 Å². The Morgan fingerprint density at radius 3 is 2.17 bits per heavy atom. The molecule has 0 unspecified atom stereocenters. The van der Waals surface area contributed by atoms with E-state index in [1.54, 1.807) is 42.5 Å². The van der Waals surface area contributed by atoms with Crippen molar-refractivity contribution in [3.05, 3.63) is 65.7 Å². The van der Waals surface area contributed by atoms with E-state index in [4.69, 9.17) is 4.74 Å². The maximum atomic E-state index is 12.7. The van der Waals surface area contributed by atoms with Gasteiger partial charge in [-0.05, 0) is 36.5 Å². The van der Waals surface area contributed by atoms with E-state index in [-0.39, 0.29) is 30.4 Å². The van der Waals surface area contributed by atoms with Gasteiger partial charge in [0.05, 0.1) is 10.8 Å². The second-order valence-corrected chi connectivity index (χ2v) is 9.74. The van der Waals surface area contributed by atoms with Crippen LogP contribution in [0.25, 0.3) is 0 Å². The number of rotatable bonds is 7. The molecule has 2 aromatic carbocycles. The Kier molecular flexibility index (Phi) is 7.05. The summed E-state index contributed by atoms with van der Waals surface area (Å²) in [5.74, 6) is -0.714. The first-order chi connectivity index (χ1) is 14.3. The molecule has 0 atom stereocenters. The molecule has 160 valence electrons. The van der Waals surface area contributed by atoms with Gasteiger partial charge in [-0.1, -0.05) is 56.3 Å². The number of piperidine rings is 1. The Morgan fingerprint density at radius 1 is 1.00 bits per heavy atom. The van der Waals surface area contributed by atoms with Crippen molar-refractivity contribution >= 4 is 21.8 Å². The number of ether oxygens (including phenoxy) is 1. The molecule has 0 aliphatic carbocycles. The number of carbonyl (C=O) groups is 2. The van der Waals surface area contributed by atoms with Gasteiger partial charge in [0.15, 0.2) is 12.4 Å². The van der Waals surface area contributed by atoms with E-state index in [2.05, 4.69) is 13.8 Å². The molecule has 0 amide bonds. The maximum Gasteiger partial charge on any atom is 0.309 e. The van der Waals surface area contributed by atoms with Gasteiger partial charge in [-0.2, -0.15) is 4.31 Å². The van der Waals surface area contributed by atoms with Crippen LogP contribution in [-0.4, -0.2) is 44.2 Å². The van der Waals surface area contributed by atoms with Crippen LogP contribution in [0.1, 0.15) is 48.5 Å². The fraction of sp³-hybridized carbons (Fsp3) is 0.391. The molecule has 0 bridgehead atoms. The number of sulfonamides is 1.